The zero-order valence-corrected chi connectivity index (χ0v) is 35.0. The standard InChI is InChI=1S/C7H15NO3.C5H9NO4.C5H14NO.C4H7NO4.2C4H9NO3.C3H7NO3/c1-8(2,3)5-6(9)4-7(10)11;6-3(5(9)10)1-2-4(7)8;1-6(2,3)4-5-7;5-2(4(8)9)1-3(6)7;1-2(6)3(5)4(7)8;5-3(1-2-6)4(7)8;4-2(1-5)3(6)7/h6,9H,4-5H2,1-3H3;3H,1-2,6H2,(H,7,8)(H,9,10);7H,4-5H2,1-3H3;2H,1,5H2,(H,6,7)(H,8,9);2-3,6H,5H2,1H3,(H,7,8);3,6H,1-2,5H2,(H,7,8);2,5H,1,4H2,(H,6,7)/q;;+1;;;;/p+1. The molecule has 0 spiro atoms. The maximum atomic E-state index is 10.1. The SMILES string of the molecule is CC(O)C(N)C(=O)O.C[N+](C)(C)CC(O)CC(=O)O.C[N+](C)(C)CCO.NC(CC(=O)O)C(=O)O.NC(CCC(=O)O)C(=O)O.NC(CCO)C(=O)O.NC(CO)C(=O)O. The number of carboxylic acid groups (broad SMARTS) is 8. The molecule has 0 aliphatic rings. The third kappa shape index (κ3) is 68.0. The molecule has 0 bridgehead atoms. The molecule has 0 aliphatic heterocycles. The van der Waals surface area contributed by atoms with Crippen molar-refractivity contribution < 1.29 is 114 Å². The van der Waals surface area contributed by atoms with E-state index in [0.29, 0.717) is 11.0 Å². The average Bonchev–Trinajstić information content (AvgIpc) is 3.05. The van der Waals surface area contributed by atoms with Gasteiger partial charge in [0.2, 0.25) is 0 Å². The Morgan fingerprint density at radius 3 is 0.983 bits per heavy atom. The Morgan fingerprint density at radius 1 is 0.483 bits per heavy atom. The largest absolute Gasteiger partial charge is 0.481 e. The van der Waals surface area contributed by atoms with Gasteiger partial charge in [-0.3, -0.25) is 38.4 Å². The van der Waals surface area contributed by atoms with Gasteiger partial charge in [0.25, 0.3) is 0 Å². The van der Waals surface area contributed by atoms with Crippen molar-refractivity contribution in [2.24, 2.45) is 28.7 Å². The van der Waals surface area contributed by atoms with Crippen molar-refractivity contribution in [3.05, 3.63) is 0 Å². The number of nitrogens with two attached hydrogens (primary N) is 5. The summed E-state index contributed by atoms with van der Waals surface area (Å²) in [5.74, 6) is -9.08. The van der Waals surface area contributed by atoms with E-state index >= 15 is 0 Å². The molecule has 7 atom stereocenters. The zero-order chi connectivity index (χ0) is 49.7. The highest BCUT2D eigenvalue weighted by Crippen LogP contribution is 1.98. The molecule has 0 aromatic rings. The van der Waals surface area contributed by atoms with Gasteiger partial charge >= 0.3 is 47.8 Å². The van der Waals surface area contributed by atoms with Crippen LogP contribution >= 0.6 is 0 Å². The molecular formula is C32H71N7O21+2. The van der Waals surface area contributed by atoms with E-state index in [1.165, 1.54) is 6.92 Å². The van der Waals surface area contributed by atoms with Crippen molar-refractivity contribution in [1.29, 1.82) is 0 Å². The fourth-order valence-electron chi connectivity index (χ4n) is 2.42. The molecule has 0 fully saturated rings. The summed E-state index contributed by atoms with van der Waals surface area (Å²) in [7, 11) is 11.9. The summed E-state index contributed by atoms with van der Waals surface area (Å²) in [6, 6.07) is -5.55. The molecule has 0 aromatic heterocycles. The van der Waals surface area contributed by atoms with Crippen LogP contribution in [0.4, 0.5) is 0 Å². The second kappa shape index (κ2) is 39.7. The third-order valence-electron chi connectivity index (χ3n) is 5.71. The molecule has 0 heterocycles. The molecule has 60 heavy (non-hydrogen) atoms. The van der Waals surface area contributed by atoms with Crippen LogP contribution in [0.25, 0.3) is 0 Å². The second-order valence-electron chi connectivity index (χ2n) is 14.1. The molecule has 0 saturated carbocycles. The van der Waals surface area contributed by atoms with Gasteiger partial charge in [-0.25, -0.2) is 0 Å². The highest BCUT2D eigenvalue weighted by atomic mass is 16.4. The number of aliphatic hydroxyl groups is 5. The van der Waals surface area contributed by atoms with E-state index < -0.39 is 103 Å². The van der Waals surface area contributed by atoms with Crippen molar-refractivity contribution in [3.63, 3.8) is 0 Å². The fourth-order valence-corrected chi connectivity index (χ4v) is 2.42. The second-order valence-corrected chi connectivity index (χ2v) is 14.1. The lowest BCUT2D eigenvalue weighted by atomic mass is 10.2. The predicted molar refractivity (Wildman–Crippen MR) is 209 cm³/mol. The highest BCUT2D eigenvalue weighted by Gasteiger charge is 2.18. The van der Waals surface area contributed by atoms with E-state index in [4.69, 9.17) is 95.1 Å². The van der Waals surface area contributed by atoms with Gasteiger partial charge in [-0.15, -0.1) is 0 Å². The number of rotatable bonds is 20. The van der Waals surface area contributed by atoms with Gasteiger partial charge in [-0.1, -0.05) is 0 Å². The van der Waals surface area contributed by atoms with Crippen LogP contribution in [0.2, 0.25) is 0 Å². The van der Waals surface area contributed by atoms with Gasteiger partial charge in [-0.05, 0) is 19.8 Å². The van der Waals surface area contributed by atoms with E-state index in [-0.39, 0.29) is 38.9 Å². The molecule has 28 nitrogen and oxygen atoms in total. The maximum Gasteiger partial charge on any atom is 0.323 e. The first kappa shape index (κ1) is 69.9. The molecule has 0 rings (SSSR count). The Bertz CT molecular complexity index is 1210. The van der Waals surface area contributed by atoms with Crippen LogP contribution in [-0.2, 0) is 38.4 Å². The lowest BCUT2D eigenvalue weighted by Gasteiger charge is -2.25. The van der Waals surface area contributed by atoms with Crippen LogP contribution in [0.15, 0.2) is 0 Å². The van der Waals surface area contributed by atoms with Crippen molar-refractivity contribution in [1.82, 2.24) is 0 Å². The van der Waals surface area contributed by atoms with Crippen molar-refractivity contribution >= 4 is 47.8 Å². The van der Waals surface area contributed by atoms with Crippen molar-refractivity contribution in [3.8, 4) is 0 Å². The van der Waals surface area contributed by atoms with Crippen LogP contribution in [-0.4, -0.2) is 241 Å². The molecule has 0 amide bonds. The fraction of sp³-hybridized carbons (Fsp3) is 0.750. The predicted octanol–water partition coefficient (Wildman–Crippen LogP) is -6.70. The van der Waals surface area contributed by atoms with E-state index in [9.17, 15) is 38.4 Å². The minimum Gasteiger partial charge on any atom is -0.481 e. The number of quaternary nitrogens is 2. The van der Waals surface area contributed by atoms with Crippen molar-refractivity contribution in [2.75, 3.05) is 75.2 Å². The number of carboxylic acids is 8. The van der Waals surface area contributed by atoms with Gasteiger partial charge in [0.1, 0.15) is 49.4 Å². The first-order chi connectivity index (χ1) is 26.9. The molecule has 0 aromatic carbocycles. The Labute approximate surface area is 346 Å². The Hall–Kier alpha value is -4.72. The zero-order valence-electron chi connectivity index (χ0n) is 35.0. The summed E-state index contributed by atoms with van der Waals surface area (Å²) in [5, 5.41) is 107. The van der Waals surface area contributed by atoms with E-state index in [1.807, 2.05) is 21.1 Å². The van der Waals surface area contributed by atoms with Gasteiger partial charge in [0, 0.05) is 13.0 Å². The van der Waals surface area contributed by atoms with Crippen molar-refractivity contribution in [2.45, 2.75) is 81.4 Å². The van der Waals surface area contributed by atoms with E-state index in [1.54, 1.807) is 0 Å². The lowest BCUT2D eigenvalue weighted by Crippen LogP contribution is -2.42. The molecule has 358 valence electrons. The van der Waals surface area contributed by atoms with Crippen LogP contribution in [0.3, 0.4) is 0 Å². The first-order valence-corrected chi connectivity index (χ1v) is 17.2. The van der Waals surface area contributed by atoms with Crippen LogP contribution < -0.4 is 28.7 Å². The van der Waals surface area contributed by atoms with Crippen LogP contribution in [0.5, 0.6) is 0 Å². The average molecular weight is 890 g/mol. The minimum atomic E-state index is -1.29. The summed E-state index contributed by atoms with van der Waals surface area (Å²) >= 11 is 0. The molecule has 23 N–H and O–H groups in total. The van der Waals surface area contributed by atoms with Gasteiger partial charge in [-0.2, -0.15) is 0 Å². The number of aliphatic hydroxyl groups excluding tert-OH is 5. The molecule has 7 unspecified atom stereocenters. The molecular weight excluding hydrogens is 818 g/mol. The maximum absolute atomic E-state index is 10.1. The third-order valence-corrected chi connectivity index (χ3v) is 5.71. The number of hydrogen-bond donors (Lipinski definition) is 18. The number of hydrogen-bond acceptors (Lipinski definition) is 18. The Kier molecular flexibility index (Phi) is 46.3. The number of nitrogens with zero attached hydrogens (tertiary/aromatic N) is 2. The number of carbonyl (C=O) groups is 8. The lowest BCUT2D eigenvalue weighted by molar-refractivity contribution is -0.873. The molecule has 0 radical (unpaired) electrons. The Morgan fingerprint density at radius 2 is 0.850 bits per heavy atom. The molecule has 28 heteroatoms. The van der Waals surface area contributed by atoms with E-state index in [0.717, 1.165) is 11.0 Å². The summed E-state index contributed by atoms with van der Waals surface area (Å²) < 4.78 is 1.42. The summed E-state index contributed by atoms with van der Waals surface area (Å²) in [6.07, 6.45) is -2.53. The first-order valence-electron chi connectivity index (χ1n) is 17.2. The van der Waals surface area contributed by atoms with Gasteiger partial charge in [0.05, 0.1) is 74.4 Å². The van der Waals surface area contributed by atoms with Crippen LogP contribution in [0, 0.1) is 0 Å². The molecule has 0 saturated heterocycles. The summed E-state index contributed by atoms with van der Waals surface area (Å²) in [5.41, 5.74) is 24.5. The van der Waals surface area contributed by atoms with Gasteiger partial charge < -0.3 is 104 Å². The van der Waals surface area contributed by atoms with Gasteiger partial charge in [0.15, 0.2) is 0 Å². The number of likely N-dealkylation sites (N-methyl/N-ethyl adjacent to an activating group) is 2. The van der Waals surface area contributed by atoms with Crippen LogP contribution in [0.1, 0.15) is 39.0 Å². The highest BCUT2D eigenvalue weighted by molar-refractivity contribution is 5.80. The monoisotopic (exact) mass is 889 g/mol. The number of aliphatic carboxylic acids is 8. The minimum absolute atomic E-state index is 0.0231. The summed E-state index contributed by atoms with van der Waals surface area (Å²) in [6.45, 7) is 2.23. The quantitative estimate of drug-likeness (QED) is 0.0505. The Balaban J connectivity index is -0.000000110. The summed E-state index contributed by atoms with van der Waals surface area (Å²) in [4.78, 5) is 79.0. The van der Waals surface area contributed by atoms with E-state index in [2.05, 4.69) is 21.1 Å². The smallest absolute Gasteiger partial charge is 0.323 e. The molecule has 0 aliphatic carbocycles. The topological polar surface area (TPSA) is 530 Å². The normalized spacial score (nSPS) is 13.7.